The molecule has 0 fully saturated rings. The highest BCUT2D eigenvalue weighted by molar-refractivity contribution is 9.10. The van der Waals surface area contributed by atoms with Crippen LogP contribution in [0.4, 0.5) is 13.2 Å². The van der Waals surface area contributed by atoms with Crippen LogP contribution in [-0.4, -0.2) is 10.2 Å². The highest BCUT2D eigenvalue weighted by atomic mass is 79.9. The third-order valence-corrected chi connectivity index (χ3v) is 2.63. The molecule has 0 saturated carbocycles. The quantitative estimate of drug-likeness (QED) is 0.847. The van der Waals surface area contributed by atoms with Crippen LogP contribution in [-0.2, 0) is 17.5 Å². The fourth-order valence-corrected chi connectivity index (χ4v) is 1.34. The predicted molar refractivity (Wildman–Crippen MR) is 66.3 cm³/mol. The molecule has 0 heterocycles. The van der Waals surface area contributed by atoms with Crippen molar-refractivity contribution in [2.75, 3.05) is 0 Å². The summed E-state index contributed by atoms with van der Waals surface area (Å²) in [5.41, 5.74) is -0.0773. The van der Waals surface area contributed by atoms with Crippen LogP contribution in [0.25, 0.3) is 0 Å². The maximum Gasteiger partial charge on any atom is 0.416 e. The molecule has 0 atom stereocenters. The summed E-state index contributed by atoms with van der Waals surface area (Å²) < 4.78 is 36.2. The molecule has 1 amide bonds. The number of rotatable bonds is 3. The smallest absolute Gasteiger partial charge is 0.351 e. The summed E-state index contributed by atoms with van der Waals surface area (Å²) in [6.45, 7) is 3.58. The van der Waals surface area contributed by atoms with Crippen LogP contribution in [0.15, 0.2) is 24.3 Å². The van der Waals surface area contributed by atoms with Gasteiger partial charge in [-0.3, -0.25) is 4.79 Å². The van der Waals surface area contributed by atoms with E-state index in [9.17, 15) is 18.0 Å². The molecule has 0 aliphatic rings. The highest BCUT2D eigenvalue weighted by Crippen LogP contribution is 2.29. The second kappa shape index (κ2) is 5.30. The Morgan fingerprint density at radius 3 is 2.11 bits per heavy atom. The van der Waals surface area contributed by atoms with E-state index >= 15 is 0 Å². The van der Waals surface area contributed by atoms with Crippen molar-refractivity contribution < 1.29 is 18.0 Å². The zero-order valence-corrected chi connectivity index (χ0v) is 11.5. The summed E-state index contributed by atoms with van der Waals surface area (Å²) in [5.74, 6) is -0.220. The SMILES string of the molecule is CC(C)(Br)C(=O)NCc1ccc(C(F)(F)F)cc1. The third kappa shape index (κ3) is 4.33. The molecule has 0 aliphatic heterocycles. The fraction of sp³-hybridized carbons (Fsp3) is 0.417. The summed E-state index contributed by atoms with van der Waals surface area (Å²) >= 11 is 3.19. The Bertz CT molecular complexity index is 420. The van der Waals surface area contributed by atoms with E-state index in [-0.39, 0.29) is 12.5 Å². The van der Waals surface area contributed by atoms with Crippen molar-refractivity contribution in [1.29, 1.82) is 0 Å². The van der Waals surface area contributed by atoms with Crippen molar-refractivity contribution >= 4 is 21.8 Å². The van der Waals surface area contributed by atoms with Crippen molar-refractivity contribution in [2.24, 2.45) is 0 Å². The standard InChI is InChI=1S/C12H13BrF3NO/c1-11(2,13)10(18)17-7-8-3-5-9(6-4-8)12(14,15)16/h3-6H,7H2,1-2H3,(H,17,18). The summed E-state index contributed by atoms with van der Waals surface area (Å²) in [7, 11) is 0. The molecule has 6 heteroatoms. The van der Waals surface area contributed by atoms with Crippen LogP contribution in [0.3, 0.4) is 0 Å². The Kier molecular flexibility index (Phi) is 4.42. The molecule has 0 spiro atoms. The summed E-state index contributed by atoms with van der Waals surface area (Å²) in [6.07, 6.45) is -4.33. The molecule has 1 aromatic carbocycles. The van der Waals surface area contributed by atoms with Crippen LogP contribution in [0, 0.1) is 0 Å². The Morgan fingerprint density at radius 1 is 1.22 bits per heavy atom. The van der Waals surface area contributed by atoms with E-state index in [1.54, 1.807) is 13.8 Å². The number of carbonyl (C=O) groups is 1. The summed E-state index contributed by atoms with van der Waals surface area (Å²) in [5, 5.41) is 2.63. The van der Waals surface area contributed by atoms with E-state index < -0.39 is 16.1 Å². The van der Waals surface area contributed by atoms with E-state index in [2.05, 4.69) is 21.2 Å². The number of hydrogen-bond acceptors (Lipinski definition) is 1. The molecule has 0 aliphatic carbocycles. The summed E-state index contributed by atoms with van der Waals surface area (Å²) in [6, 6.07) is 4.70. The Labute approximate surface area is 112 Å². The summed E-state index contributed by atoms with van der Waals surface area (Å²) in [4.78, 5) is 11.5. The van der Waals surface area contributed by atoms with E-state index in [0.717, 1.165) is 12.1 Å². The van der Waals surface area contributed by atoms with Gasteiger partial charge in [-0.15, -0.1) is 0 Å². The van der Waals surface area contributed by atoms with Gasteiger partial charge in [0.1, 0.15) is 0 Å². The molecule has 1 rings (SSSR count). The van der Waals surface area contributed by atoms with Gasteiger partial charge >= 0.3 is 6.18 Å². The molecule has 0 bridgehead atoms. The van der Waals surface area contributed by atoms with Crippen LogP contribution in [0.1, 0.15) is 25.0 Å². The minimum absolute atomic E-state index is 0.200. The molecule has 0 radical (unpaired) electrons. The van der Waals surface area contributed by atoms with Crippen molar-refractivity contribution in [1.82, 2.24) is 5.32 Å². The van der Waals surface area contributed by atoms with Crippen LogP contribution in [0.2, 0.25) is 0 Å². The first-order valence-electron chi connectivity index (χ1n) is 5.24. The van der Waals surface area contributed by atoms with Gasteiger partial charge in [-0.1, -0.05) is 28.1 Å². The second-order valence-electron chi connectivity index (χ2n) is 4.35. The lowest BCUT2D eigenvalue weighted by Crippen LogP contribution is -2.37. The van der Waals surface area contributed by atoms with Crippen LogP contribution in [0.5, 0.6) is 0 Å². The lowest BCUT2D eigenvalue weighted by atomic mass is 10.1. The van der Waals surface area contributed by atoms with Gasteiger partial charge in [-0.2, -0.15) is 13.2 Å². The zero-order valence-electron chi connectivity index (χ0n) is 9.94. The van der Waals surface area contributed by atoms with Crippen molar-refractivity contribution in [3.63, 3.8) is 0 Å². The van der Waals surface area contributed by atoms with Gasteiger partial charge in [0.05, 0.1) is 9.89 Å². The van der Waals surface area contributed by atoms with E-state index in [4.69, 9.17) is 0 Å². The molecule has 1 aromatic rings. The van der Waals surface area contributed by atoms with Crippen LogP contribution >= 0.6 is 15.9 Å². The average molecular weight is 324 g/mol. The van der Waals surface area contributed by atoms with Gasteiger partial charge in [-0.25, -0.2) is 0 Å². The first kappa shape index (κ1) is 15.0. The van der Waals surface area contributed by atoms with Gasteiger partial charge in [0.2, 0.25) is 5.91 Å². The second-order valence-corrected chi connectivity index (χ2v) is 6.33. The van der Waals surface area contributed by atoms with Crippen molar-refractivity contribution in [2.45, 2.75) is 30.9 Å². The minimum atomic E-state index is -4.33. The number of benzene rings is 1. The lowest BCUT2D eigenvalue weighted by molar-refractivity contribution is -0.137. The number of carbonyl (C=O) groups excluding carboxylic acids is 1. The van der Waals surface area contributed by atoms with Gasteiger partial charge in [0.15, 0.2) is 0 Å². The molecule has 0 saturated heterocycles. The van der Waals surface area contributed by atoms with Gasteiger partial charge < -0.3 is 5.32 Å². The Morgan fingerprint density at radius 2 is 1.72 bits per heavy atom. The zero-order chi connectivity index (χ0) is 14.0. The molecule has 1 N–H and O–H groups in total. The van der Waals surface area contributed by atoms with E-state index in [0.29, 0.717) is 5.56 Å². The lowest BCUT2D eigenvalue weighted by Gasteiger charge is -2.16. The highest BCUT2D eigenvalue weighted by Gasteiger charge is 2.30. The molecular formula is C12H13BrF3NO. The predicted octanol–water partition coefficient (Wildman–Crippen LogP) is 3.50. The monoisotopic (exact) mass is 323 g/mol. The fourth-order valence-electron chi connectivity index (χ4n) is 1.20. The van der Waals surface area contributed by atoms with E-state index in [1.165, 1.54) is 12.1 Å². The van der Waals surface area contributed by atoms with Gasteiger partial charge in [0, 0.05) is 6.54 Å². The van der Waals surface area contributed by atoms with Gasteiger partial charge in [0.25, 0.3) is 0 Å². The van der Waals surface area contributed by atoms with Crippen molar-refractivity contribution in [3.05, 3.63) is 35.4 Å². The first-order chi connectivity index (χ1) is 8.10. The maximum atomic E-state index is 12.3. The first-order valence-corrected chi connectivity index (χ1v) is 6.03. The number of nitrogens with one attached hydrogen (secondary N) is 1. The van der Waals surface area contributed by atoms with Crippen LogP contribution < -0.4 is 5.32 Å². The van der Waals surface area contributed by atoms with Gasteiger partial charge in [-0.05, 0) is 31.5 Å². The normalized spacial score (nSPS) is 12.3. The molecular weight excluding hydrogens is 311 g/mol. The number of halogens is 4. The number of amides is 1. The average Bonchev–Trinajstić information content (AvgIpc) is 2.24. The number of alkyl halides is 4. The Balaban J connectivity index is 2.63. The Hall–Kier alpha value is -1.04. The third-order valence-electron chi connectivity index (χ3n) is 2.27. The maximum absolute atomic E-state index is 12.3. The topological polar surface area (TPSA) is 29.1 Å². The minimum Gasteiger partial charge on any atom is -0.351 e. The van der Waals surface area contributed by atoms with E-state index in [1.807, 2.05) is 0 Å². The molecule has 2 nitrogen and oxygen atoms in total. The number of hydrogen-bond donors (Lipinski definition) is 1. The van der Waals surface area contributed by atoms with Crippen molar-refractivity contribution in [3.8, 4) is 0 Å². The molecule has 18 heavy (non-hydrogen) atoms. The molecule has 0 unspecified atom stereocenters. The molecule has 100 valence electrons. The largest absolute Gasteiger partial charge is 0.416 e. The molecule has 0 aromatic heterocycles.